The lowest BCUT2D eigenvalue weighted by molar-refractivity contribution is -0.137. The molecule has 0 aliphatic carbocycles. The van der Waals surface area contributed by atoms with Crippen molar-refractivity contribution in [2.24, 2.45) is 0 Å². The molecule has 1 aliphatic rings. The maximum atomic E-state index is 11.3. The lowest BCUT2D eigenvalue weighted by atomic mass is 9.99. The van der Waals surface area contributed by atoms with Crippen molar-refractivity contribution in [2.75, 3.05) is 7.11 Å². The number of ether oxygens (including phenoxy) is 2. The molecule has 1 heterocycles. The zero-order chi connectivity index (χ0) is 15.6. The van der Waals surface area contributed by atoms with E-state index < -0.39 is 12.0 Å². The Kier molecular flexibility index (Phi) is 4.35. The van der Waals surface area contributed by atoms with Gasteiger partial charge in [0, 0.05) is 24.5 Å². The number of fused-ring (bicyclic) bond motifs is 1. The Morgan fingerprint density at radius 3 is 2.81 bits per heavy atom. The van der Waals surface area contributed by atoms with Crippen molar-refractivity contribution in [3.05, 3.63) is 23.3 Å². The maximum absolute atomic E-state index is 11.3. The molecule has 0 spiro atoms. The number of benzene rings is 1. The van der Waals surface area contributed by atoms with Crippen LogP contribution in [0.1, 0.15) is 37.4 Å². The zero-order valence-electron chi connectivity index (χ0n) is 12.3. The molecule has 0 saturated carbocycles. The van der Waals surface area contributed by atoms with Crippen LogP contribution in [-0.2, 0) is 16.0 Å². The molecular weight excluding hydrogens is 274 g/mol. The Morgan fingerprint density at radius 2 is 2.24 bits per heavy atom. The summed E-state index contributed by atoms with van der Waals surface area (Å²) in [5.74, 6) is -0.00540. The van der Waals surface area contributed by atoms with Crippen LogP contribution in [0.15, 0.2) is 12.1 Å². The fourth-order valence-corrected chi connectivity index (χ4v) is 2.56. The molecule has 6 heteroatoms. The highest BCUT2D eigenvalue weighted by Crippen LogP contribution is 2.38. The summed E-state index contributed by atoms with van der Waals surface area (Å²) >= 11 is 0. The fraction of sp³-hybridized carbons (Fsp3) is 0.467. The number of aliphatic carboxylic acids is 1. The van der Waals surface area contributed by atoms with Crippen LogP contribution in [-0.4, -0.2) is 30.2 Å². The first-order valence-corrected chi connectivity index (χ1v) is 6.77. The van der Waals surface area contributed by atoms with Gasteiger partial charge in [-0.25, -0.2) is 0 Å². The normalized spacial score (nSPS) is 17.6. The molecule has 0 aromatic heterocycles. The van der Waals surface area contributed by atoms with Gasteiger partial charge in [0.2, 0.25) is 5.91 Å². The molecule has 6 nitrogen and oxygen atoms in total. The van der Waals surface area contributed by atoms with Crippen LogP contribution in [0.2, 0.25) is 0 Å². The standard InChI is InChI=1S/C15H19NO5/c1-8-4-10-5-14(20-3)11(6-13(10)21-8)12(7-15(18)19)16-9(2)17/h5-6,8,12H,4,7H2,1-3H3,(H,16,17)(H,18,19)/t8?,12-/m0/s1. The summed E-state index contributed by atoms with van der Waals surface area (Å²) in [6.07, 6.45) is 0.652. The van der Waals surface area contributed by atoms with Crippen molar-refractivity contribution in [1.29, 1.82) is 0 Å². The van der Waals surface area contributed by atoms with E-state index in [1.54, 1.807) is 6.07 Å². The van der Waals surface area contributed by atoms with Crippen LogP contribution in [0.5, 0.6) is 11.5 Å². The minimum Gasteiger partial charge on any atom is -0.496 e. The van der Waals surface area contributed by atoms with E-state index in [2.05, 4.69) is 5.32 Å². The molecule has 2 N–H and O–H groups in total. The van der Waals surface area contributed by atoms with Crippen LogP contribution in [0, 0.1) is 0 Å². The first kappa shape index (κ1) is 15.2. The first-order valence-electron chi connectivity index (χ1n) is 6.77. The summed E-state index contributed by atoms with van der Waals surface area (Å²) in [6.45, 7) is 3.32. The summed E-state index contributed by atoms with van der Waals surface area (Å²) < 4.78 is 11.0. The highest BCUT2D eigenvalue weighted by molar-refractivity contribution is 5.75. The molecule has 1 amide bonds. The number of rotatable bonds is 5. The van der Waals surface area contributed by atoms with Crippen molar-refractivity contribution < 1.29 is 24.2 Å². The second kappa shape index (κ2) is 6.03. The van der Waals surface area contributed by atoms with Gasteiger partial charge < -0.3 is 19.9 Å². The van der Waals surface area contributed by atoms with E-state index in [0.717, 1.165) is 17.7 Å². The van der Waals surface area contributed by atoms with E-state index in [0.29, 0.717) is 11.3 Å². The summed E-state index contributed by atoms with van der Waals surface area (Å²) in [4.78, 5) is 22.3. The number of carbonyl (C=O) groups excluding carboxylic acids is 1. The molecule has 1 aromatic rings. The fourth-order valence-electron chi connectivity index (χ4n) is 2.56. The minimum absolute atomic E-state index is 0.0821. The molecule has 0 radical (unpaired) electrons. The van der Waals surface area contributed by atoms with Crippen molar-refractivity contribution >= 4 is 11.9 Å². The largest absolute Gasteiger partial charge is 0.496 e. The van der Waals surface area contributed by atoms with Crippen LogP contribution in [0.4, 0.5) is 0 Å². The molecule has 0 saturated heterocycles. The summed E-state index contributed by atoms with van der Waals surface area (Å²) in [6, 6.07) is 2.96. The maximum Gasteiger partial charge on any atom is 0.305 e. The van der Waals surface area contributed by atoms with E-state index in [1.807, 2.05) is 13.0 Å². The monoisotopic (exact) mass is 293 g/mol. The van der Waals surface area contributed by atoms with Crippen LogP contribution in [0.3, 0.4) is 0 Å². The average Bonchev–Trinajstić information content (AvgIpc) is 2.74. The highest BCUT2D eigenvalue weighted by atomic mass is 16.5. The van der Waals surface area contributed by atoms with Crippen LogP contribution < -0.4 is 14.8 Å². The molecule has 2 atom stereocenters. The van der Waals surface area contributed by atoms with Gasteiger partial charge in [0.25, 0.3) is 0 Å². The predicted octanol–water partition coefficient (Wildman–Crippen LogP) is 1.67. The second-order valence-electron chi connectivity index (χ2n) is 5.19. The predicted molar refractivity (Wildman–Crippen MR) is 75.6 cm³/mol. The first-order chi connectivity index (χ1) is 9.90. The number of nitrogens with one attached hydrogen (secondary N) is 1. The Morgan fingerprint density at radius 1 is 1.52 bits per heavy atom. The molecule has 21 heavy (non-hydrogen) atoms. The summed E-state index contributed by atoms with van der Waals surface area (Å²) in [5, 5.41) is 11.7. The third kappa shape index (κ3) is 3.45. The average molecular weight is 293 g/mol. The molecule has 1 unspecified atom stereocenters. The number of carboxylic acid groups (broad SMARTS) is 1. The smallest absolute Gasteiger partial charge is 0.305 e. The third-order valence-electron chi connectivity index (χ3n) is 3.38. The number of carbonyl (C=O) groups is 2. The van der Waals surface area contributed by atoms with Gasteiger partial charge in [0.1, 0.15) is 17.6 Å². The third-order valence-corrected chi connectivity index (χ3v) is 3.38. The van der Waals surface area contributed by atoms with Gasteiger partial charge >= 0.3 is 5.97 Å². The molecule has 0 bridgehead atoms. The van der Waals surface area contributed by atoms with Crippen LogP contribution >= 0.6 is 0 Å². The second-order valence-corrected chi connectivity index (χ2v) is 5.19. The molecule has 2 rings (SSSR count). The van der Waals surface area contributed by atoms with E-state index in [4.69, 9.17) is 14.6 Å². The Labute approximate surface area is 123 Å². The van der Waals surface area contributed by atoms with Gasteiger partial charge in [-0.2, -0.15) is 0 Å². The van der Waals surface area contributed by atoms with Gasteiger partial charge in [-0.15, -0.1) is 0 Å². The van der Waals surface area contributed by atoms with E-state index >= 15 is 0 Å². The van der Waals surface area contributed by atoms with E-state index in [9.17, 15) is 9.59 Å². The van der Waals surface area contributed by atoms with Crippen molar-refractivity contribution in [3.63, 3.8) is 0 Å². The van der Waals surface area contributed by atoms with Crippen molar-refractivity contribution in [1.82, 2.24) is 5.32 Å². The SMILES string of the molecule is COc1cc2c(cc1[C@H](CC(=O)O)NC(C)=O)OC(C)C2. The summed E-state index contributed by atoms with van der Waals surface area (Å²) in [7, 11) is 1.52. The summed E-state index contributed by atoms with van der Waals surface area (Å²) in [5.41, 5.74) is 1.64. The molecule has 0 fully saturated rings. The molecule has 1 aliphatic heterocycles. The van der Waals surface area contributed by atoms with Gasteiger partial charge in [0.05, 0.1) is 19.6 Å². The number of amides is 1. The zero-order valence-corrected chi connectivity index (χ0v) is 12.3. The highest BCUT2D eigenvalue weighted by Gasteiger charge is 2.26. The van der Waals surface area contributed by atoms with Crippen LogP contribution in [0.25, 0.3) is 0 Å². The molecular formula is C15H19NO5. The number of hydrogen-bond acceptors (Lipinski definition) is 4. The number of hydrogen-bond donors (Lipinski definition) is 2. The number of methoxy groups -OCH3 is 1. The lowest BCUT2D eigenvalue weighted by Crippen LogP contribution is -2.28. The van der Waals surface area contributed by atoms with Gasteiger partial charge in [-0.1, -0.05) is 0 Å². The van der Waals surface area contributed by atoms with Crippen molar-refractivity contribution in [2.45, 2.75) is 38.8 Å². The Hall–Kier alpha value is -2.24. The quantitative estimate of drug-likeness (QED) is 0.862. The topological polar surface area (TPSA) is 84.9 Å². The van der Waals surface area contributed by atoms with Gasteiger partial charge in [0.15, 0.2) is 0 Å². The number of carboxylic acids is 1. The molecule has 1 aromatic carbocycles. The Bertz CT molecular complexity index is 553. The van der Waals surface area contributed by atoms with Gasteiger partial charge in [-0.05, 0) is 19.1 Å². The lowest BCUT2D eigenvalue weighted by Gasteiger charge is -2.20. The van der Waals surface area contributed by atoms with Gasteiger partial charge in [-0.3, -0.25) is 9.59 Å². The molecule has 114 valence electrons. The van der Waals surface area contributed by atoms with E-state index in [-0.39, 0.29) is 18.4 Å². The minimum atomic E-state index is -0.995. The van der Waals surface area contributed by atoms with E-state index in [1.165, 1.54) is 14.0 Å². The van der Waals surface area contributed by atoms with Crippen molar-refractivity contribution in [3.8, 4) is 11.5 Å². The Balaban J connectivity index is 2.41.